The van der Waals surface area contributed by atoms with Gasteiger partial charge in [-0.3, -0.25) is 28.9 Å². The van der Waals surface area contributed by atoms with Crippen LogP contribution in [0, 0.1) is 23.7 Å². The van der Waals surface area contributed by atoms with E-state index in [-0.39, 0.29) is 55.4 Å². The number of methoxy groups -OCH3 is 2. The Bertz CT molecular complexity index is 1940. The fourth-order valence-corrected chi connectivity index (χ4v) is 9.06. The monoisotopic (exact) mass is 698 g/mol. The van der Waals surface area contributed by atoms with Gasteiger partial charge in [-0.1, -0.05) is 59.6 Å². The Morgan fingerprint density at radius 1 is 0.920 bits per heavy atom. The Morgan fingerprint density at radius 2 is 1.62 bits per heavy atom. The number of carboxylic acid groups (broad SMARTS) is 1. The van der Waals surface area contributed by atoms with Gasteiger partial charge in [0.15, 0.2) is 11.5 Å². The number of rotatable bonds is 9. The van der Waals surface area contributed by atoms with Gasteiger partial charge in [0.2, 0.25) is 29.4 Å². The number of phenolic OH excluding ortho intramolecular Hbond substituents is 1. The van der Waals surface area contributed by atoms with Crippen LogP contribution in [0.5, 0.6) is 17.2 Å². The van der Waals surface area contributed by atoms with Crippen molar-refractivity contribution >= 4 is 46.9 Å². The summed E-state index contributed by atoms with van der Waals surface area (Å²) in [6.07, 6.45) is 2.18. The molecule has 4 aliphatic rings. The number of carbonyl (C=O) groups excluding carboxylic acids is 4. The van der Waals surface area contributed by atoms with Crippen molar-refractivity contribution in [1.82, 2.24) is 4.90 Å². The number of anilines is 1. The second kappa shape index (κ2) is 12.6. The van der Waals surface area contributed by atoms with E-state index in [0.29, 0.717) is 21.8 Å². The largest absolute Gasteiger partial charge is 0.502 e. The SMILES string of the molecule is COc1cc([C@H]2C3=CC[C@@H]4C(=O)N(CCCC(=O)O)C(=O)[C@@H]4[C@@H]3C[C@H]3C(=O)N(c4cccc(Cl)c4)C(=O)[C@@]23c2ccccc2)cc(OC)c1O. The minimum Gasteiger partial charge on any atom is -0.502 e. The molecule has 1 saturated carbocycles. The van der Waals surface area contributed by atoms with E-state index in [1.54, 1.807) is 36.4 Å². The second-order valence-corrected chi connectivity index (χ2v) is 13.6. The van der Waals surface area contributed by atoms with Crippen LogP contribution in [-0.2, 0) is 29.4 Å². The molecular weight excluding hydrogens is 664 g/mol. The van der Waals surface area contributed by atoms with E-state index in [1.807, 2.05) is 36.4 Å². The molecule has 2 N–H and O–H groups in total. The van der Waals surface area contributed by atoms with Crippen molar-refractivity contribution in [3.05, 3.63) is 94.5 Å². The summed E-state index contributed by atoms with van der Waals surface area (Å²) in [6.45, 7) is -0.0217. The van der Waals surface area contributed by atoms with Gasteiger partial charge in [-0.25, -0.2) is 4.90 Å². The van der Waals surface area contributed by atoms with Gasteiger partial charge in [-0.05, 0) is 66.6 Å². The van der Waals surface area contributed by atoms with Gasteiger partial charge in [-0.15, -0.1) is 0 Å². The number of amides is 4. The van der Waals surface area contributed by atoms with Crippen LogP contribution in [0.15, 0.2) is 78.4 Å². The van der Waals surface area contributed by atoms with Crippen molar-refractivity contribution < 1.29 is 43.7 Å². The van der Waals surface area contributed by atoms with Crippen molar-refractivity contribution in [1.29, 1.82) is 0 Å². The highest BCUT2D eigenvalue weighted by atomic mass is 35.5. The lowest BCUT2D eigenvalue weighted by atomic mass is 9.49. The van der Waals surface area contributed by atoms with E-state index in [0.717, 1.165) is 10.5 Å². The Morgan fingerprint density at radius 3 is 2.26 bits per heavy atom. The molecular formula is C38H35ClN2O9. The number of aromatic hydroxyl groups is 1. The molecule has 50 heavy (non-hydrogen) atoms. The number of fused-ring (bicyclic) bond motifs is 4. The van der Waals surface area contributed by atoms with Crippen LogP contribution in [-0.4, -0.2) is 65.5 Å². The van der Waals surface area contributed by atoms with E-state index < -0.39 is 58.7 Å². The fourth-order valence-electron chi connectivity index (χ4n) is 8.87. The van der Waals surface area contributed by atoms with E-state index in [9.17, 15) is 29.4 Å². The molecule has 4 amide bonds. The number of allylic oxidation sites excluding steroid dienone is 2. The summed E-state index contributed by atoms with van der Waals surface area (Å²) >= 11 is 6.37. The highest BCUT2D eigenvalue weighted by Crippen LogP contribution is 2.65. The molecule has 0 radical (unpaired) electrons. The predicted molar refractivity (Wildman–Crippen MR) is 181 cm³/mol. The number of benzene rings is 3. The summed E-state index contributed by atoms with van der Waals surface area (Å²) in [7, 11) is 2.80. The number of phenols is 1. The van der Waals surface area contributed by atoms with Crippen LogP contribution >= 0.6 is 11.6 Å². The quantitative estimate of drug-likeness (QED) is 0.230. The zero-order valence-corrected chi connectivity index (χ0v) is 28.1. The molecule has 2 heterocycles. The summed E-state index contributed by atoms with van der Waals surface area (Å²) in [6, 6.07) is 18.9. The lowest BCUT2D eigenvalue weighted by Crippen LogP contribution is -2.53. The van der Waals surface area contributed by atoms with Crippen LogP contribution in [0.25, 0.3) is 0 Å². The van der Waals surface area contributed by atoms with E-state index in [4.69, 9.17) is 21.1 Å². The molecule has 0 unspecified atom stereocenters. The Labute approximate surface area is 293 Å². The number of likely N-dealkylation sites (tertiary alicyclic amines) is 1. The summed E-state index contributed by atoms with van der Waals surface area (Å²) in [5.41, 5.74) is 0.626. The third kappa shape index (κ3) is 4.89. The van der Waals surface area contributed by atoms with Gasteiger partial charge < -0.3 is 19.7 Å². The summed E-state index contributed by atoms with van der Waals surface area (Å²) in [5.74, 6) is -6.71. The molecule has 2 aliphatic carbocycles. The van der Waals surface area contributed by atoms with E-state index in [2.05, 4.69) is 0 Å². The Hall–Kier alpha value is -5.16. The molecule has 3 fully saturated rings. The highest BCUT2D eigenvalue weighted by Gasteiger charge is 2.70. The topological polar surface area (TPSA) is 151 Å². The first-order valence-corrected chi connectivity index (χ1v) is 16.8. The number of hydrogen-bond acceptors (Lipinski definition) is 8. The maximum Gasteiger partial charge on any atom is 0.303 e. The number of nitrogens with zero attached hydrogens (tertiary/aromatic N) is 2. The first kappa shape index (κ1) is 33.3. The molecule has 7 rings (SSSR count). The number of carboxylic acids is 1. The number of hydrogen-bond donors (Lipinski definition) is 2. The molecule has 0 aromatic heterocycles. The molecule has 258 valence electrons. The maximum atomic E-state index is 15.3. The van der Waals surface area contributed by atoms with E-state index >= 15 is 4.79 Å². The molecule has 0 spiro atoms. The Balaban J connectivity index is 1.46. The first-order valence-electron chi connectivity index (χ1n) is 16.5. The second-order valence-electron chi connectivity index (χ2n) is 13.2. The minimum absolute atomic E-state index is 0.0217. The van der Waals surface area contributed by atoms with Gasteiger partial charge in [0.1, 0.15) is 0 Å². The molecule has 0 bridgehead atoms. The van der Waals surface area contributed by atoms with Crippen molar-refractivity contribution in [3.8, 4) is 17.2 Å². The highest BCUT2D eigenvalue weighted by molar-refractivity contribution is 6.32. The standard InChI is InChI=1S/C38H35ClN2O9/c1-49-28-16-20(17-29(50-2)33(28)44)32-24-13-14-25-31(36(47)40(34(25)45)15-7-12-30(42)43)26(24)19-27-35(46)41(23-11-6-10-22(39)18-23)37(48)38(27,32)21-8-4-3-5-9-21/h3-6,8-11,13,16-18,25-27,31-32,44H,7,12,14-15,19H2,1-2H3,(H,42,43)/t25-,26+,27-,31-,32-,38+/m0/s1. The van der Waals surface area contributed by atoms with Gasteiger partial charge in [0, 0.05) is 23.9 Å². The third-order valence-corrected chi connectivity index (χ3v) is 11.1. The molecule has 3 aromatic carbocycles. The third-order valence-electron chi connectivity index (χ3n) is 10.9. The molecule has 3 aromatic rings. The van der Waals surface area contributed by atoms with Crippen LogP contribution < -0.4 is 14.4 Å². The normalized spacial score (nSPS) is 27.1. The first-order chi connectivity index (χ1) is 24.0. The lowest BCUT2D eigenvalue weighted by molar-refractivity contribution is -0.142. The lowest BCUT2D eigenvalue weighted by Gasteiger charge is -2.50. The molecule has 12 heteroatoms. The number of imide groups is 2. The smallest absolute Gasteiger partial charge is 0.303 e. The molecule has 2 aliphatic heterocycles. The van der Waals surface area contributed by atoms with Crippen molar-refractivity contribution in [3.63, 3.8) is 0 Å². The molecule has 2 saturated heterocycles. The van der Waals surface area contributed by atoms with Gasteiger partial charge >= 0.3 is 5.97 Å². The van der Waals surface area contributed by atoms with Crippen molar-refractivity contribution in [2.45, 2.75) is 37.0 Å². The van der Waals surface area contributed by atoms with Crippen LogP contribution in [0.3, 0.4) is 0 Å². The number of ether oxygens (including phenoxy) is 2. The van der Waals surface area contributed by atoms with Crippen LogP contribution in [0.2, 0.25) is 5.02 Å². The fraction of sp³-hybridized carbons (Fsp3) is 0.342. The molecule has 6 atom stereocenters. The van der Waals surface area contributed by atoms with E-state index in [1.165, 1.54) is 19.1 Å². The van der Waals surface area contributed by atoms with Crippen molar-refractivity contribution in [2.75, 3.05) is 25.7 Å². The summed E-state index contributed by atoms with van der Waals surface area (Å²) in [4.78, 5) is 71.6. The summed E-state index contributed by atoms with van der Waals surface area (Å²) in [5, 5.41) is 20.4. The van der Waals surface area contributed by atoms with Gasteiger partial charge in [0.25, 0.3) is 0 Å². The van der Waals surface area contributed by atoms with Crippen LogP contribution in [0.1, 0.15) is 42.7 Å². The number of aliphatic carboxylic acids is 1. The van der Waals surface area contributed by atoms with Crippen molar-refractivity contribution in [2.24, 2.45) is 23.7 Å². The average Bonchev–Trinajstić information content (AvgIpc) is 3.49. The minimum atomic E-state index is -1.52. The van der Waals surface area contributed by atoms with Crippen LogP contribution in [0.4, 0.5) is 5.69 Å². The summed E-state index contributed by atoms with van der Waals surface area (Å²) < 4.78 is 11.1. The maximum absolute atomic E-state index is 15.3. The molecule has 11 nitrogen and oxygen atoms in total. The zero-order valence-electron chi connectivity index (χ0n) is 27.4. The zero-order chi connectivity index (χ0) is 35.5. The van der Waals surface area contributed by atoms with Gasteiger partial charge in [0.05, 0.1) is 43.1 Å². The van der Waals surface area contributed by atoms with Gasteiger partial charge in [-0.2, -0.15) is 0 Å². The number of halogens is 1. The predicted octanol–water partition coefficient (Wildman–Crippen LogP) is 5.09. The average molecular weight is 699 g/mol. The number of carbonyl (C=O) groups is 5. The Kier molecular flexibility index (Phi) is 8.42.